The molecule has 1 aromatic rings. The summed E-state index contributed by atoms with van der Waals surface area (Å²) in [6.07, 6.45) is 5.32. The summed E-state index contributed by atoms with van der Waals surface area (Å²) < 4.78 is 5.01. The Labute approximate surface area is 124 Å². The minimum Gasteiger partial charge on any atom is -0.461 e. The normalized spacial score (nSPS) is 22.6. The Kier molecular flexibility index (Phi) is 5.40. The average Bonchev–Trinajstić information content (AvgIpc) is 2.79. The largest absolute Gasteiger partial charge is 0.461 e. The van der Waals surface area contributed by atoms with Crippen LogP contribution in [-0.2, 0) is 4.74 Å². The van der Waals surface area contributed by atoms with Crippen LogP contribution in [0.15, 0.2) is 0 Å². The van der Waals surface area contributed by atoms with Gasteiger partial charge in [0.05, 0.1) is 6.61 Å². The van der Waals surface area contributed by atoms with Gasteiger partial charge in [0.25, 0.3) is 0 Å². The molecule has 1 heterocycles. The Morgan fingerprint density at radius 3 is 2.90 bits per heavy atom. The molecular formula is C15H24N2O2S. The maximum absolute atomic E-state index is 11.7. The van der Waals surface area contributed by atoms with Gasteiger partial charge in [0.2, 0.25) is 0 Å². The quantitative estimate of drug-likeness (QED) is 0.838. The van der Waals surface area contributed by atoms with Crippen molar-refractivity contribution in [2.45, 2.75) is 46.5 Å². The van der Waals surface area contributed by atoms with E-state index < -0.39 is 0 Å². The molecule has 112 valence electrons. The van der Waals surface area contributed by atoms with Crippen LogP contribution >= 0.6 is 11.3 Å². The predicted octanol–water partition coefficient (Wildman–Crippen LogP) is 3.87. The summed E-state index contributed by atoms with van der Waals surface area (Å²) in [4.78, 5) is 17.0. The van der Waals surface area contributed by atoms with E-state index in [4.69, 9.17) is 4.74 Å². The van der Waals surface area contributed by atoms with E-state index in [1.165, 1.54) is 37.0 Å². The molecule has 4 nitrogen and oxygen atoms in total. The number of anilines is 1. The van der Waals surface area contributed by atoms with Crippen molar-refractivity contribution in [2.24, 2.45) is 11.8 Å². The summed E-state index contributed by atoms with van der Waals surface area (Å²) >= 11 is 1.54. The first-order valence-corrected chi connectivity index (χ1v) is 8.31. The lowest BCUT2D eigenvalue weighted by Gasteiger charge is -2.28. The number of ether oxygens (including phenoxy) is 1. The first-order chi connectivity index (χ1) is 9.61. The Balaban J connectivity index is 1.93. The average molecular weight is 296 g/mol. The summed E-state index contributed by atoms with van der Waals surface area (Å²) in [5.74, 6) is 1.18. The van der Waals surface area contributed by atoms with E-state index in [0.29, 0.717) is 12.3 Å². The highest BCUT2D eigenvalue weighted by Gasteiger charge is 2.22. The standard InChI is InChI=1S/C15H24N2O2S/c1-4-19-14(18)13-11(3)20-15(17-13)16-9-12-8-6-5-7-10(12)2/h10,12H,4-9H2,1-3H3,(H,16,17). The maximum Gasteiger partial charge on any atom is 0.358 e. The molecule has 20 heavy (non-hydrogen) atoms. The number of carbonyl (C=O) groups is 1. The lowest BCUT2D eigenvalue weighted by atomic mass is 9.80. The van der Waals surface area contributed by atoms with E-state index in [1.54, 1.807) is 0 Å². The molecule has 2 atom stereocenters. The molecule has 0 spiro atoms. The second kappa shape index (κ2) is 7.07. The fraction of sp³-hybridized carbons (Fsp3) is 0.733. The van der Waals surface area contributed by atoms with Crippen molar-refractivity contribution >= 4 is 22.4 Å². The Hall–Kier alpha value is -1.10. The van der Waals surface area contributed by atoms with Gasteiger partial charge in [-0.15, -0.1) is 11.3 Å². The zero-order valence-electron chi connectivity index (χ0n) is 12.6. The third-order valence-electron chi connectivity index (χ3n) is 4.07. The molecule has 0 radical (unpaired) electrons. The maximum atomic E-state index is 11.7. The van der Waals surface area contributed by atoms with Crippen LogP contribution in [0.2, 0.25) is 0 Å². The molecule has 2 unspecified atom stereocenters. The second-order valence-corrected chi connectivity index (χ2v) is 6.75. The van der Waals surface area contributed by atoms with Crippen LogP contribution in [-0.4, -0.2) is 24.1 Å². The molecule has 0 saturated heterocycles. The minimum atomic E-state index is -0.319. The predicted molar refractivity (Wildman–Crippen MR) is 82.4 cm³/mol. The summed E-state index contributed by atoms with van der Waals surface area (Å²) in [5.41, 5.74) is 0.455. The van der Waals surface area contributed by atoms with E-state index >= 15 is 0 Å². The number of esters is 1. The highest BCUT2D eigenvalue weighted by molar-refractivity contribution is 7.15. The van der Waals surface area contributed by atoms with Crippen molar-refractivity contribution in [3.8, 4) is 0 Å². The van der Waals surface area contributed by atoms with Crippen molar-refractivity contribution < 1.29 is 9.53 Å². The number of carbonyl (C=O) groups excluding carboxylic acids is 1. The molecule has 5 heteroatoms. The van der Waals surface area contributed by atoms with Gasteiger partial charge in [0, 0.05) is 11.4 Å². The lowest BCUT2D eigenvalue weighted by molar-refractivity contribution is 0.0519. The molecule has 0 aliphatic heterocycles. The van der Waals surface area contributed by atoms with E-state index in [9.17, 15) is 4.79 Å². The highest BCUT2D eigenvalue weighted by Crippen LogP contribution is 2.30. The topological polar surface area (TPSA) is 51.2 Å². The smallest absolute Gasteiger partial charge is 0.358 e. The van der Waals surface area contributed by atoms with Crippen LogP contribution in [0.1, 0.15) is 54.9 Å². The van der Waals surface area contributed by atoms with Crippen LogP contribution in [0.25, 0.3) is 0 Å². The molecule has 2 rings (SSSR count). The molecule has 1 fully saturated rings. The summed E-state index contributed by atoms with van der Waals surface area (Å²) in [5, 5.41) is 4.24. The first-order valence-electron chi connectivity index (χ1n) is 7.50. The SMILES string of the molecule is CCOC(=O)c1nc(NCC2CCCCC2C)sc1C. The summed E-state index contributed by atoms with van der Waals surface area (Å²) in [7, 11) is 0. The van der Waals surface area contributed by atoms with Crippen LogP contribution in [0.3, 0.4) is 0 Å². The number of aryl methyl sites for hydroxylation is 1. The van der Waals surface area contributed by atoms with Crippen molar-refractivity contribution in [1.29, 1.82) is 0 Å². The van der Waals surface area contributed by atoms with Crippen molar-refractivity contribution in [2.75, 3.05) is 18.5 Å². The molecule has 1 N–H and O–H groups in total. The number of thiazole rings is 1. The summed E-state index contributed by atoms with van der Waals surface area (Å²) in [6, 6.07) is 0. The lowest BCUT2D eigenvalue weighted by Crippen LogP contribution is -2.24. The van der Waals surface area contributed by atoms with E-state index in [0.717, 1.165) is 28.4 Å². The molecule has 1 aliphatic carbocycles. The fourth-order valence-electron chi connectivity index (χ4n) is 2.78. The highest BCUT2D eigenvalue weighted by atomic mass is 32.1. The van der Waals surface area contributed by atoms with Gasteiger partial charge in [-0.1, -0.05) is 26.2 Å². The number of hydrogen-bond acceptors (Lipinski definition) is 5. The van der Waals surface area contributed by atoms with Gasteiger partial charge in [-0.25, -0.2) is 9.78 Å². The molecule has 0 amide bonds. The van der Waals surface area contributed by atoms with E-state index in [2.05, 4.69) is 17.2 Å². The monoisotopic (exact) mass is 296 g/mol. The Morgan fingerprint density at radius 2 is 2.20 bits per heavy atom. The molecule has 1 saturated carbocycles. The molecule has 1 aromatic heterocycles. The molecule has 0 bridgehead atoms. The van der Waals surface area contributed by atoms with Crippen LogP contribution in [0.4, 0.5) is 5.13 Å². The first kappa shape index (κ1) is 15.3. The van der Waals surface area contributed by atoms with E-state index in [-0.39, 0.29) is 5.97 Å². The Morgan fingerprint density at radius 1 is 1.45 bits per heavy atom. The minimum absolute atomic E-state index is 0.319. The van der Waals surface area contributed by atoms with Crippen LogP contribution in [0.5, 0.6) is 0 Å². The van der Waals surface area contributed by atoms with Gasteiger partial charge in [-0.05, 0) is 32.1 Å². The third-order valence-corrected chi connectivity index (χ3v) is 5.00. The van der Waals surface area contributed by atoms with Crippen molar-refractivity contribution in [3.63, 3.8) is 0 Å². The van der Waals surface area contributed by atoms with Crippen molar-refractivity contribution in [1.82, 2.24) is 4.98 Å². The molecule has 0 aromatic carbocycles. The van der Waals surface area contributed by atoms with E-state index in [1.807, 2.05) is 13.8 Å². The van der Waals surface area contributed by atoms with Gasteiger partial charge in [-0.3, -0.25) is 0 Å². The zero-order valence-corrected chi connectivity index (χ0v) is 13.4. The summed E-state index contributed by atoms with van der Waals surface area (Å²) in [6.45, 7) is 7.40. The third kappa shape index (κ3) is 3.72. The van der Waals surface area contributed by atoms with Gasteiger partial charge < -0.3 is 10.1 Å². The van der Waals surface area contributed by atoms with Crippen LogP contribution < -0.4 is 5.32 Å². The van der Waals surface area contributed by atoms with Crippen molar-refractivity contribution in [3.05, 3.63) is 10.6 Å². The van der Waals surface area contributed by atoms with Gasteiger partial charge in [0.15, 0.2) is 10.8 Å². The number of nitrogens with one attached hydrogen (secondary N) is 1. The molecule has 1 aliphatic rings. The van der Waals surface area contributed by atoms with Gasteiger partial charge in [0.1, 0.15) is 0 Å². The van der Waals surface area contributed by atoms with Gasteiger partial charge in [-0.2, -0.15) is 0 Å². The van der Waals surface area contributed by atoms with Gasteiger partial charge >= 0.3 is 5.97 Å². The number of hydrogen-bond donors (Lipinski definition) is 1. The molecular weight excluding hydrogens is 272 g/mol. The number of nitrogens with zero attached hydrogens (tertiary/aromatic N) is 1. The number of aromatic nitrogens is 1. The zero-order chi connectivity index (χ0) is 14.5. The Bertz CT molecular complexity index is 459. The fourth-order valence-corrected chi connectivity index (χ4v) is 3.58. The second-order valence-electron chi connectivity index (χ2n) is 5.55. The van der Waals surface area contributed by atoms with Crippen LogP contribution in [0, 0.1) is 18.8 Å². The number of rotatable bonds is 5.